The Morgan fingerprint density at radius 1 is 1.10 bits per heavy atom. The van der Waals surface area contributed by atoms with Crippen molar-refractivity contribution in [2.45, 2.75) is 13.3 Å². The molecule has 1 saturated heterocycles. The Morgan fingerprint density at radius 2 is 1.83 bits per heavy atom. The summed E-state index contributed by atoms with van der Waals surface area (Å²) in [6, 6.07) is 18.7. The number of hydrogen-bond acceptors (Lipinski definition) is 4. The lowest BCUT2D eigenvalue weighted by Gasteiger charge is -2.17. The fourth-order valence-electron chi connectivity index (χ4n) is 3.48. The summed E-state index contributed by atoms with van der Waals surface area (Å²) in [6.45, 7) is 2.22. The first kappa shape index (κ1) is 18.7. The van der Waals surface area contributed by atoms with Crippen LogP contribution < -0.4 is 15.0 Å². The summed E-state index contributed by atoms with van der Waals surface area (Å²) in [4.78, 5) is 27.0. The fourth-order valence-corrected chi connectivity index (χ4v) is 3.48. The number of amides is 2. The van der Waals surface area contributed by atoms with Crippen LogP contribution >= 0.6 is 0 Å². The third kappa shape index (κ3) is 3.85. The minimum Gasteiger partial charge on any atom is -0.497 e. The summed E-state index contributed by atoms with van der Waals surface area (Å²) >= 11 is 0. The Hall–Kier alpha value is -3.61. The van der Waals surface area contributed by atoms with Gasteiger partial charge in [-0.25, -0.2) is 4.68 Å². The van der Waals surface area contributed by atoms with Gasteiger partial charge >= 0.3 is 0 Å². The molecule has 1 N–H and O–H groups in total. The molecule has 0 aliphatic carbocycles. The van der Waals surface area contributed by atoms with Crippen LogP contribution in [0.2, 0.25) is 0 Å². The van der Waals surface area contributed by atoms with E-state index in [1.54, 1.807) is 28.8 Å². The molecule has 1 aliphatic rings. The van der Waals surface area contributed by atoms with Crippen LogP contribution in [0.25, 0.3) is 5.69 Å². The summed E-state index contributed by atoms with van der Waals surface area (Å²) in [6.07, 6.45) is 0.177. The predicted molar refractivity (Wildman–Crippen MR) is 110 cm³/mol. The highest BCUT2D eigenvalue weighted by Gasteiger charge is 2.35. The molecule has 1 aromatic heterocycles. The second-order valence-electron chi connectivity index (χ2n) is 7.01. The number of carbonyl (C=O) groups excluding carboxylic acids is 2. The summed E-state index contributed by atoms with van der Waals surface area (Å²) in [5.74, 6) is 0.631. The van der Waals surface area contributed by atoms with E-state index in [2.05, 4.69) is 10.4 Å². The fraction of sp³-hybridized carbons (Fsp3) is 0.227. The van der Waals surface area contributed by atoms with Gasteiger partial charge in [0.05, 0.1) is 24.4 Å². The van der Waals surface area contributed by atoms with Crippen molar-refractivity contribution < 1.29 is 14.3 Å². The van der Waals surface area contributed by atoms with E-state index < -0.39 is 5.92 Å². The SMILES string of the molecule is COc1ccc(N2CC(C(=O)Nc3cc(C)nn3-c3ccccc3)CC2=O)cc1. The number of benzene rings is 2. The van der Waals surface area contributed by atoms with Crippen molar-refractivity contribution in [2.24, 2.45) is 5.92 Å². The largest absolute Gasteiger partial charge is 0.497 e. The van der Waals surface area contributed by atoms with E-state index >= 15 is 0 Å². The number of carbonyl (C=O) groups is 2. The predicted octanol–water partition coefficient (Wildman–Crippen LogP) is 3.18. The van der Waals surface area contributed by atoms with Gasteiger partial charge in [0.1, 0.15) is 11.6 Å². The van der Waals surface area contributed by atoms with Gasteiger partial charge < -0.3 is 15.0 Å². The molecule has 3 aromatic rings. The zero-order valence-electron chi connectivity index (χ0n) is 16.3. The average Bonchev–Trinajstić information content (AvgIpc) is 3.31. The van der Waals surface area contributed by atoms with Crippen LogP contribution in [0.1, 0.15) is 12.1 Å². The lowest BCUT2D eigenvalue weighted by molar-refractivity contribution is -0.122. The molecule has 1 atom stereocenters. The molecule has 0 radical (unpaired) electrons. The van der Waals surface area contributed by atoms with E-state index in [0.29, 0.717) is 12.4 Å². The van der Waals surface area contributed by atoms with E-state index in [9.17, 15) is 9.59 Å². The molecule has 2 amide bonds. The average molecular weight is 390 g/mol. The topological polar surface area (TPSA) is 76.5 Å². The van der Waals surface area contributed by atoms with Gasteiger partial charge in [-0.3, -0.25) is 9.59 Å². The number of hydrogen-bond donors (Lipinski definition) is 1. The monoisotopic (exact) mass is 390 g/mol. The first-order chi connectivity index (χ1) is 14.0. The molecular formula is C22H22N4O3. The van der Waals surface area contributed by atoms with E-state index in [0.717, 1.165) is 22.8 Å². The lowest BCUT2D eigenvalue weighted by Crippen LogP contribution is -2.28. The number of anilines is 2. The van der Waals surface area contributed by atoms with Crippen molar-refractivity contribution in [3.05, 3.63) is 66.4 Å². The van der Waals surface area contributed by atoms with Crippen molar-refractivity contribution in [3.8, 4) is 11.4 Å². The number of nitrogens with zero attached hydrogens (tertiary/aromatic N) is 3. The molecular weight excluding hydrogens is 368 g/mol. The van der Waals surface area contributed by atoms with E-state index in [-0.39, 0.29) is 18.2 Å². The minimum absolute atomic E-state index is 0.0666. The molecule has 148 valence electrons. The molecule has 0 bridgehead atoms. The van der Waals surface area contributed by atoms with Crippen molar-refractivity contribution in [3.63, 3.8) is 0 Å². The number of aryl methyl sites for hydroxylation is 1. The molecule has 7 heteroatoms. The Balaban J connectivity index is 1.49. The molecule has 1 aliphatic heterocycles. The standard InChI is InChI=1S/C22H22N4O3/c1-15-12-20(26(24-15)18-6-4-3-5-7-18)23-22(28)16-13-21(27)25(14-16)17-8-10-19(29-2)11-9-17/h3-12,16H,13-14H2,1-2H3,(H,23,28). The zero-order chi connectivity index (χ0) is 20.4. The van der Waals surface area contributed by atoms with Gasteiger partial charge in [0.15, 0.2) is 0 Å². The second kappa shape index (κ2) is 7.79. The van der Waals surface area contributed by atoms with E-state index in [1.807, 2.05) is 55.5 Å². The summed E-state index contributed by atoms with van der Waals surface area (Å²) in [5.41, 5.74) is 2.42. The van der Waals surface area contributed by atoms with Crippen LogP contribution in [0.15, 0.2) is 60.7 Å². The highest BCUT2D eigenvalue weighted by molar-refractivity contribution is 6.03. The van der Waals surface area contributed by atoms with Gasteiger partial charge in [-0.05, 0) is 43.3 Å². The summed E-state index contributed by atoms with van der Waals surface area (Å²) < 4.78 is 6.86. The normalized spacial score (nSPS) is 16.1. The van der Waals surface area contributed by atoms with E-state index in [1.165, 1.54) is 0 Å². The smallest absolute Gasteiger partial charge is 0.230 e. The maximum absolute atomic E-state index is 12.9. The third-order valence-electron chi connectivity index (χ3n) is 4.96. The molecule has 7 nitrogen and oxygen atoms in total. The Labute approximate surface area is 168 Å². The van der Waals surface area contributed by atoms with Gasteiger partial charge in [-0.15, -0.1) is 0 Å². The van der Waals surface area contributed by atoms with Crippen LogP contribution in [0, 0.1) is 12.8 Å². The van der Waals surface area contributed by atoms with Crippen LogP contribution in [-0.2, 0) is 9.59 Å². The van der Waals surface area contributed by atoms with Crippen molar-refractivity contribution >= 4 is 23.3 Å². The number of para-hydroxylation sites is 1. The van der Waals surface area contributed by atoms with Gasteiger partial charge in [0.25, 0.3) is 0 Å². The second-order valence-corrected chi connectivity index (χ2v) is 7.01. The van der Waals surface area contributed by atoms with Gasteiger partial charge in [0.2, 0.25) is 11.8 Å². The highest BCUT2D eigenvalue weighted by Crippen LogP contribution is 2.28. The van der Waals surface area contributed by atoms with Gasteiger partial charge in [0, 0.05) is 24.7 Å². The van der Waals surface area contributed by atoms with Crippen molar-refractivity contribution in [2.75, 3.05) is 23.9 Å². The maximum Gasteiger partial charge on any atom is 0.230 e. The maximum atomic E-state index is 12.9. The molecule has 2 heterocycles. The van der Waals surface area contributed by atoms with E-state index in [4.69, 9.17) is 4.74 Å². The lowest BCUT2D eigenvalue weighted by atomic mass is 10.1. The number of ether oxygens (including phenoxy) is 1. The molecule has 1 fully saturated rings. The molecule has 29 heavy (non-hydrogen) atoms. The summed E-state index contributed by atoms with van der Waals surface area (Å²) in [7, 11) is 1.60. The minimum atomic E-state index is -0.427. The zero-order valence-corrected chi connectivity index (χ0v) is 16.3. The molecule has 0 saturated carbocycles. The third-order valence-corrected chi connectivity index (χ3v) is 4.96. The number of rotatable bonds is 5. The Bertz CT molecular complexity index is 1030. The number of aromatic nitrogens is 2. The van der Waals surface area contributed by atoms with Crippen LogP contribution in [0.3, 0.4) is 0 Å². The summed E-state index contributed by atoms with van der Waals surface area (Å²) in [5, 5.41) is 7.41. The van der Waals surface area contributed by atoms with Crippen LogP contribution in [0.5, 0.6) is 5.75 Å². The van der Waals surface area contributed by atoms with Crippen LogP contribution in [-0.4, -0.2) is 35.2 Å². The first-order valence-corrected chi connectivity index (χ1v) is 9.42. The molecule has 4 rings (SSSR count). The van der Waals surface area contributed by atoms with Crippen molar-refractivity contribution in [1.82, 2.24) is 9.78 Å². The van der Waals surface area contributed by atoms with Gasteiger partial charge in [-0.1, -0.05) is 18.2 Å². The molecule has 0 spiro atoms. The number of nitrogens with one attached hydrogen (secondary N) is 1. The first-order valence-electron chi connectivity index (χ1n) is 9.42. The number of methoxy groups -OCH3 is 1. The quantitative estimate of drug-likeness (QED) is 0.726. The molecule has 2 aromatic carbocycles. The Morgan fingerprint density at radius 3 is 2.52 bits per heavy atom. The van der Waals surface area contributed by atoms with Crippen LogP contribution in [0.4, 0.5) is 11.5 Å². The molecule has 1 unspecified atom stereocenters. The van der Waals surface area contributed by atoms with Gasteiger partial charge in [-0.2, -0.15) is 5.10 Å². The highest BCUT2D eigenvalue weighted by atomic mass is 16.5. The Kier molecular flexibility index (Phi) is 5.03. The van der Waals surface area contributed by atoms with Crippen molar-refractivity contribution in [1.29, 1.82) is 0 Å².